The molecule has 30 heavy (non-hydrogen) atoms. The zero-order valence-electron chi connectivity index (χ0n) is 16.0. The first kappa shape index (κ1) is 21.6. The second kappa shape index (κ2) is 8.72. The minimum absolute atomic E-state index is 0.111. The number of nitrogens with one attached hydrogen (secondary N) is 3. The fourth-order valence-corrected chi connectivity index (χ4v) is 3.95. The molecule has 0 aliphatic rings. The first-order chi connectivity index (χ1) is 14.2. The highest BCUT2D eigenvalue weighted by Gasteiger charge is 2.16. The molecule has 0 atom stereocenters. The molecule has 2 aromatic carbocycles. The molecule has 0 radical (unpaired) electrons. The van der Waals surface area contributed by atoms with Crippen LogP contribution in [0, 0.1) is 13.8 Å². The molecule has 0 unspecified atom stereocenters. The fraction of sp³-hybridized carbons (Fsp3) is 0.100. The smallest absolute Gasteiger partial charge is 0.273 e. The number of hydrazine groups is 1. The van der Waals surface area contributed by atoms with Crippen LogP contribution in [0.1, 0.15) is 32.2 Å². The van der Waals surface area contributed by atoms with Crippen LogP contribution in [0.2, 0.25) is 0 Å². The van der Waals surface area contributed by atoms with Gasteiger partial charge < -0.3 is 4.42 Å². The lowest BCUT2D eigenvalue weighted by Crippen LogP contribution is -2.41. The van der Waals surface area contributed by atoms with Crippen molar-refractivity contribution in [3.8, 4) is 0 Å². The molecule has 0 aliphatic carbocycles. The zero-order valence-corrected chi connectivity index (χ0v) is 18.4. The third kappa shape index (κ3) is 5.08. The van der Waals surface area contributed by atoms with Gasteiger partial charge in [-0.2, -0.15) is 0 Å². The van der Waals surface area contributed by atoms with Crippen molar-refractivity contribution >= 4 is 43.5 Å². The van der Waals surface area contributed by atoms with E-state index in [0.29, 0.717) is 22.8 Å². The molecule has 3 aromatic rings. The summed E-state index contributed by atoms with van der Waals surface area (Å²) in [4.78, 5) is 24.5. The number of hydrogen-bond acceptors (Lipinski definition) is 5. The van der Waals surface area contributed by atoms with Gasteiger partial charge in [-0.15, -0.1) is 0 Å². The molecule has 1 heterocycles. The molecule has 3 rings (SSSR count). The first-order valence-electron chi connectivity index (χ1n) is 8.72. The van der Waals surface area contributed by atoms with E-state index in [0.717, 1.165) is 4.47 Å². The third-order valence-electron chi connectivity index (χ3n) is 4.10. The van der Waals surface area contributed by atoms with Gasteiger partial charge in [0.2, 0.25) is 0 Å². The number of benzene rings is 2. The topological polar surface area (TPSA) is 118 Å². The largest absolute Gasteiger partial charge is 0.466 e. The number of furan rings is 1. The SMILES string of the molecule is Cc1cc(C(=O)NNC(=O)c2ccc(NS(=O)(=O)c3ccc(Br)cc3)cc2)c(C)o1. The summed E-state index contributed by atoms with van der Waals surface area (Å²) in [7, 11) is -3.75. The van der Waals surface area contributed by atoms with Gasteiger partial charge in [0.1, 0.15) is 11.5 Å². The summed E-state index contributed by atoms with van der Waals surface area (Å²) in [6, 6.07) is 13.6. The van der Waals surface area contributed by atoms with E-state index in [1.54, 1.807) is 32.0 Å². The van der Waals surface area contributed by atoms with Crippen LogP contribution in [0.4, 0.5) is 5.69 Å². The van der Waals surface area contributed by atoms with Crippen molar-refractivity contribution in [1.29, 1.82) is 0 Å². The van der Waals surface area contributed by atoms with E-state index in [1.807, 2.05) is 0 Å². The molecule has 156 valence electrons. The summed E-state index contributed by atoms with van der Waals surface area (Å²) in [6.07, 6.45) is 0. The van der Waals surface area contributed by atoms with Crippen molar-refractivity contribution in [2.24, 2.45) is 0 Å². The minimum Gasteiger partial charge on any atom is -0.466 e. The summed E-state index contributed by atoms with van der Waals surface area (Å²) in [5.74, 6) is -0.0214. The summed E-state index contributed by atoms with van der Waals surface area (Å²) in [6.45, 7) is 3.37. The van der Waals surface area contributed by atoms with Crippen LogP contribution >= 0.6 is 15.9 Å². The Morgan fingerprint density at radius 3 is 2.07 bits per heavy atom. The maximum absolute atomic E-state index is 12.4. The third-order valence-corrected chi connectivity index (χ3v) is 6.02. The summed E-state index contributed by atoms with van der Waals surface area (Å²) in [5.41, 5.74) is 5.48. The van der Waals surface area contributed by atoms with Crippen LogP contribution in [-0.4, -0.2) is 20.2 Å². The number of rotatable bonds is 5. The monoisotopic (exact) mass is 491 g/mol. The van der Waals surface area contributed by atoms with Crippen LogP contribution in [0.15, 0.2) is 68.4 Å². The number of amides is 2. The molecule has 0 spiro atoms. The average Bonchev–Trinajstić information content (AvgIpc) is 3.04. The van der Waals surface area contributed by atoms with Gasteiger partial charge in [0.15, 0.2) is 0 Å². The molecule has 3 N–H and O–H groups in total. The summed E-state index contributed by atoms with van der Waals surface area (Å²) >= 11 is 3.26. The molecule has 8 nitrogen and oxygen atoms in total. The van der Waals surface area contributed by atoms with E-state index in [4.69, 9.17) is 4.42 Å². The van der Waals surface area contributed by atoms with E-state index in [-0.39, 0.29) is 10.5 Å². The number of sulfonamides is 1. The van der Waals surface area contributed by atoms with E-state index in [9.17, 15) is 18.0 Å². The van der Waals surface area contributed by atoms with Gasteiger partial charge in [-0.1, -0.05) is 15.9 Å². The lowest BCUT2D eigenvalue weighted by atomic mass is 10.2. The predicted octanol–water partition coefficient (Wildman–Crippen LogP) is 3.53. The molecular weight excluding hydrogens is 474 g/mol. The Bertz CT molecular complexity index is 1190. The lowest BCUT2D eigenvalue weighted by Gasteiger charge is -2.10. The first-order valence-corrected chi connectivity index (χ1v) is 11.0. The number of anilines is 1. The van der Waals surface area contributed by atoms with Crippen LogP contribution in [-0.2, 0) is 10.0 Å². The zero-order chi connectivity index (χ0) is 21.9. The van der Waals surface area contributed by atoms with Crippen LogP contribution in [0.5, 0.6) is 0 Å². The van der Waals surface area contributed by atoms with Gasteiger partial charge in [0, 0.05) is 15.7 Å². The van der Waals surface area contributed by atoms with Gasteiger partial charge in [-0.25, -0.2) is 8.42 Å². The summed E-state index contributed by atoms with van der Waals surface area (Å²) in [5, 5.41) is 0. The van der Waals surface area contributed by atoms with E-state index >= 15 is 0 Å². The fourth-order valence-electron chi connectivity index (χ4n) is 2.63. The molecule has 0 aliphatic heterocycles. The average molecular weight is 492 g/mol. The van der Waals surface area contributed by atoms with E-state index < -0.39 is 21.8 Å². The van der Waals surface area contributed by atoms with Crippen molar-refractivity contribution in [3.63, 3.8) is 0 Å². The van der Waals surface area contributed by atoms with Gasteiger partial charge in [-0.05, 0) is 68.4 Å². The maximum Gasteiger partial charge on any atom is 0.273 e. The van der Waals surface area contributed by atoms with Crippen LogP contribution in [0.25, 0.3) is 0 Å². The van der Waals surface area contributed by atoms with Crippen molar-refractivity contribution in [3.05, 3.63) is 81.7 Å². The number of hydrogen-bond donors (Lipinski definition) is 3. The van der Waals surface area contributed by atoms with E-state index in [2.05, 4.69) is 31.5 Å². The quantitative estimate of drug-likeness (QED) is 0.471. The standard InChI is InChI=1S/C20H18BrN3O5S/c1-12-11-18(13(2)29-12)20(26)23-22-19(25)14-3-7-16(8-4-14)24-30(27,28)17-9-5-15(21)6-10-17/h3-11,24H,1-2H3,(H,22,25)(H,23,26). The molecule has 0 fully saturated rings. The van der Waals surface area contributed by atoms with Crippen LogP contribution < -0.4 is 15.6 Å². The number of carbonyl (C=O) groups excluding carboxylic acids is 2. The number of carbonyl (C=O) groups is 2. The molecule has 2 amide bonds. The van der Waals surface area contributed by atoms with Gasteiger partial charge >= 0.3 is 0 Å². The summed E-state index contributed by atoms with van der Waals surface area (Å²) < 4.78 is 33.3. The Balaban J connectivity index is 1.62. The normalized spacial score (nSPS) is 11.0. The highest BCUT2D eigenvalue weighted by molar-refractivity contribution is 9.10. The van der Waals surface area contributed by atoms with Gasteiger partial charge in [-0.3, -0.25) is 25.2 Å². The number of halogens is 1. The Labute approximate surface area is 181 Å². The molecule has 1 aromatic heterocycles. The number of aryl methyl sites for hydroxylation is 2. The second-order valence-corrected chi connectivity index (χ2v) is 8.97. The molecular formula is C20H18BrN3O5S. The van der Waals surface area contributed by atoms with Gasteiger partial charge in [0.05, 0.1) is 10.5 Å². The van der Waals surface area contributed by atoms with Gasteiger partial charge in [0.25, 0.3) is 21.8 Å². The molecule has 0 bridgehead atoms. The maximum atomic E-state index is 12.4. The van der Waals surface area contributed by atoms with E-state index in [1.165, 1.54) is 36.4 Å². The molecule has 0 saturated heterocycles. The van der Waals surface area contributed by atoms with Crippen LogP contribution in [0.3, 0.4) is 0 Å². The Morgan fingerprint density at radius 1 is 0.900 bits per heavy atom. The predicted molar refractivity (Wildman–Crippen MR) is 115 cm³/mol. The minimum atomic E-state index is -3.75. The molecule has 0 saturated carbocycles. The Kier molecular flexibility index (Phi) is 6.28. The Hall–Kier alpha value is -3.11. The van der Waals surface area contributed by atoms with Crippen molar-refractivity contribution in [1.82, 2.24) is 10.9 Å². The second-order valence-electron chi connectivity index (χ2n) is 6.37. The molecule has 10 heteroatoms. The van der Waals surface area contributed by atoms with Crippen molar-refractivity contribution in [2.75, 3.05) is 4.72 Å². The highest BCUT2D eigenvalue weighted by Crippen LogP contribution is 2.19. The Morgan fingerprint density at radius 2 is 1.50 bits per heavy atom. The van der Waals surface area contributed by atoms with Crippen molar-refractivity contribution < 1.29 is 22.4 Å². The van der Waals surface area contributed by atoms with Crippen molar-refractivity contribution in [2.45, 2.75) is 18.7 Å². The highest BCUT2D eigenvalue weighted by atomic mass is 79.9. The lowest BCUT2D eigenvalue weighted by molar-refractivity contribution is 0.0845.